The number of Topliss-reactive ketones (excluding diaryl/α,β-unsaturated/α-hetero) is 1. The van der Waals surface area contributed by atoms with Gasteiger partial charge in [0.25, 0.3) is 0 Å². The van der Waals surface area contributed by atoms with E-state index in [-0.39, 0.29) is 18.1 Å². The number of ether oxygens (including phenoxy) is 1. The molecule has 2 aromatic carbocycles. The topological polar surface area (TPSA) is 81.4 Å². The van der Waals surface area contributed by atoms with E-state index in [1.165, 1.54) is 14.0 Å². The van der Waals surface area contributed by atoms with Gasteiger partial charge >= 0.3 is 0 Å². The number of halogens is 1. The van der Waals surface area contributed by atoms with Crippen molar-refractivity contribution in [1.82, 2.24) is 0 Å². The Hall–Kier alpha value is -2.53. The maximum atomic E-state index is 11.3. The first-order valence-electron chi connectivity index (χ1n) is 6.85. The van der Waals surface area contributed by atoms with E-state index in [0.29, 0.717) is 11.4 Å². The highest BCUT2D eigenvalue weighted by molar-refractivity contribution is 6.30. The molecule has 0 aliphatic rings. The lowest BCUT2D eigenvalue weighted by atomic mass is 10.2. The quantitative estimate of drug-likeness (QED) is 0.662. The van der Waals surface area contributed by atoms with Crippen molar-refractivity contribution in [1.29, 1.82) is 0 Å². The molecule has 0 saturated carbocycles. The number of methoxy groups -OCH3 is 1. The Balaban J connectivity index is 0.000000277. The summed E-state index contributed by atoms with van der Waals surface area (Å²) in [6.45, 7) is 1.38. The molecule has 0 saturated heterocycles. The van der Waals surface area contributed by atoms with Crippen LogP contribution in [0.2, 0.25) is 5.02 Å². The zero-order chi connectivity index (χ0) is 17.2. The summed E-state index contributed by atoms with van der Waals surface area (Å²) in [6.07, 6.45) is -0.113. The maximum Gasteiger partial charge on any atom is 0.231 e. The van der Waals surface area contributed by atoms with Crippen molar-refractivity contribution < 1.29 is 14.3 Å². The number of ketones is 1. The third kappa shape index (κ3) is 7.33. The normalized spacial score (nSPS) is 9.35. The lowest BCUT2D eigenvalue weighted by Gasteiger charge is -2.08. The van der Waals surface area contributed by atoms with E-state index in [4.69, 9.17) is 22.1 Å². The van der Waals surface area contributed by atoms with Crippen LogP contribution in [0.5, 0.6) is 5.75 Å². The number of benzene rings is 2. The molecule has 6 heteroatoms. The minimum atomic E-state index is -0.327. The van der Waals surface area contributed by atoms with Crippen molar-refractivity contribution in [3.8, 4) is 5.75 Å². The molecule has 1 amide bonds. The summed E-state index contributed by atoms with van der Waals surface area (Å²) in [4.78, 5) is 22.0. The van der Waals surface area contributed by atoms with Gasteiger partial charge in [0.15, 0.2) is 0 Å². The number of carbonyl (C=O) groups is 2. The van der Waals surface area contributed by atoms with Crippen LogP contribution < -0.4 is 15.8 Å². The summed E-state index contributed by atoms with van der Waals surface area (Å²) < 4.78 is 5.05. The molecule has 0 unspecified atom stereocenters. The van der Waals surface area contributed by atoms with Crippen molar-refractivity contribution in [2.45, 2.75) is 13.3 Å². The van der Waals surface area contributed by atoms with E-state index in [1.54, 1.807) is 48.5 Å². The summed E-state index contributed by atoms with van der Waals surface area (Å²) in [5, 5.41) is 3.33. The lowest BCUT2D eigenvalue weighted by Crippen LogP contribution is -2.15. The molecule has 0 atom stereocenters. The lowest BCUT2D eigenvalue weighted by molar-refractivity contribution is -0.124. The zero-order valence-corrected chi connectivity index (χ0v) is 13.8. The number of carbonyl (C=O) groups excluding carboxylic acids is 2. The molecule has 3 N–H and O–H groups in total. The fraction of sp³-hybridized carbons (Fsp3) is 0.176. The van der Waals surface area contributed by atoms with Crippen molar-refractivity contribution in [3.05, 3.63) is 53.6 Å². The van der Waals surface area contributed by atoms with E-state index in [2.05, 4.69) is 5.32 Å². The molecule has 2 rings (SSSR count). The number of nitrogen functional groups attached to an aromatic ring is 1. The van der Waals surface area contributed by atoms with Crippen molar-refractivity contribution >= 4 is 34.7 Å². The van der Waals surface area contributed by atoms with Gasteiger partial charge < -0.3 is 15.8 Å². The Morgan fingerprint density at radius 3 is 2.26 bits per heavy atom. The van der Waals surface area contributed by atoms with Gasteiger partial charge in [0.2, 0.25) is 5.91 Å². The highest BCUT2D eigenvalue weighted by Crippen LogP contribution is 2.22. The Morgan fingerprint density at radius 1 is 1.13 bits per heavy atom. The molecule has 2 aromatic rings. The van der Waals surface area contributed by atoms with E-state index in [1.807, 2.05) is 0 Å². The van der Waals surface area contributed by atoms with E-state index in [0.717, 1.165) is 10.7 Å². The highest BCUT2D eigenvalue weighted by Gasteiger charge is 2.08. The fourth-order valence-electron chi connectivity index (χ4n) is 1.63. The smallest absolute Gasteiger partial charge is 0.231 e. The van der Waals surface area contributed by atoms with E-state index >= 15 is 0 Å². The zero-order valence-electron chi connectivity index (χ0n) is 13.0. The number of para-hydroxylation sites is 2. The van der Waals surface area contributed by atoms with Crippen LogP contribution in [0.1, 0.15) is 13.3 Å². The summed E-state index contributed by atoms with van der Waals surface area (Å²) in [6, 6.07) is 14.1. The first-order valence-corrected chi connectivity index (χ1v) is 7.23. The molecule has 0 aromatic heterocycles. The Kier molecular flexibility index (Phi) is 7.63. The number of anilines is 2. The average Bonchev–Trinajstić information content (AvgIpc) is 2.50. The van der Waals surface area contributed by atoms with Crippen LogP contribution in [-0.4, -0.2) is 18.8 Å². The van der Waals surface area contributed by atoms with Crippen LogP contribution in [0, 0.1) is 0 Å². The maximum absolute atomic E-state index is 11.3. The van der Waals surface area contributed by atoms with Crippen LogP contribution >= 0.6 is 11.6 Å². The van der Waals surface area contributed by atoms with Crippen LogP contribution in [0.15, 0.2) is 48.5 Å². The Morgan fingerprint density at radius 2 is 1.74 bits per heavy atom. The first kappa shape index (κ1) is 18.5. The van der Waals surface area contributed by atoms with Crippen LogP contribution in [-0.2, 0) is 9.59 Å². The van der Waals surface area contributed by atoms with E-state index < -0.39 is 0 Å². The molecule has 0 fully saturated rings. The Bertz CT molecular complexity index is 636. The molecule has 0 aliphatic carbocycles. The average molecular weight is 335 g/mol. The standard InChI is InChI=1S/C11H13NO3.C6H6ClN/c1-8(13)7-11(14)12-9-5-3-4-6-10(9)15-2;7-5-1-3-6(8)4-2-5/h3-6H,7H2,1-2H3,(H,12,14);1-4H,8H2. The van der Waals surface area contributed by atoms with Gasteiger partial charge in [0.1, 0.15) is 11.5 Å². The van der Waals surface area contributed by atoms with Gasteiger partial charge in [-0.3, -0.25) is 9.59 Å². The number of amides is 1. The van der Waals surface area contributed by atoms with Crippen LogP contribution in [0.4, 0.5) is 11.4 Å². The number of hydrogen-bond donors (Lipinski definition) is 2. The van der Waals surface area contributed by atoms with Crippen LogP contribution in [0.3, 0.4) is 0 Å². The molecule has 122 valence electrons. The number of rotatable bonds is 4. The fourth-order valence-corrected chi connectivity index (χ4v) is 1.76. The molecule has 0 heterocycles. The second-order valence-corrected chi connectivity index (χ2v) is 5.12. The van der Waals surface area contributed by atoms with Gasteiger partial charge in [-0.2, -0.15) is 0 Å². The second-order valence-electron chi connectivity index (χ2n) is 4.68. The largest absolute Gasteiger partial charge is 0.495 e. The summed E-state index contributed by atoms with van der Waals surface area (Å²) >= 11 is 5.56. The SMILES string of the molecule is COc1ccccc1NC(=O)CC(C)=O.Nc1ccc(Cl)cc1. The summed E-state index contributed by atoms with van der Waals surface area (Å²) in [5.74, 6) is 0.0869. The number of nitrogens with one attached hydrogen (secondary N) is 1. The molecule has 0 radical (unpaired) electrons. The number of hydrogen-bond acceptors (Lipinski definition) is 4. The summed E-state index contributed by atoms with van der Waals surface area (Å²) in [7, 11) is 1.52. The third-order valence-electron chi connectivity index (χ3n) is 2.66. The van der Waals surface area contributed by atoms with Gasteiger partial charge in [-0.15, -0.1) is 0 Å². The highest BCUT2D eigenvalue weighted by atomic mass is 35.5. The Labute approximate surface area is 140 Å². The summed E-state index contributed by atoms with van der Waals surface area (Å²) in [5.41, 5.74) is 6.69. The van der Waals surface area contributed by atoms with Gasteiger partial charge in [-0.1, -0.05) is 23.7 Å². The van der Waals surface area contributed by atoms with Gasteiger partial charge in [0, 0.05) is 10.7 Å². The van der Waals surface area contributed by atoms with Crippen molar-refractivity contribution in [3.63, 3.8) is 0 Å². The molecule has 0 bridgehead atoms. The predicted octanol–water partition coefficient (Wildman–Crippen LogP) is 3.54. The van der Waals surface area contributed by atoms with Crippen molar-refractivity contribution in [2.75, 3.05) is 18.2 Å². The van der Waals surface area contributed by atoms with Gasteiger partial charge in [0.05, 0.1) is 19.2 Å². The van der Waals surface area contributed by atoms with Gasteiger partial charge in [-0.05, 0) is 43.3 Å². The molecule has 0 aliphatic heterocycles. The minimum Gasteiger partial charge on any atom is -0.495 e. The monoisotopic (exact) mass is 334 g/mol. The van der Waals surface area contributed by atoms with Crippen molar-refractivity contribution in [2.24, 2.45) is 0 Å². The molecule has 5 nitrogen and oxygen atoms in total. The molecule has 0 spiro atoms. The first-order chi connectivity index (χ1) is 10.9. The third-order valence-corrected chi connectivity index (χ3v) is 2.91. The van der Waals surface area contributed by atoms with Gasteiger partial charge in [-0.25, -0.2) is 0 Å². The van der Waals surface area contributed by atoms with E-state index in [9.17, 15) is 9.59 Å². The predicted molar refractivity (Wildman–Crippen MR) is 92.8 cm³/mol. The molecular weight excluding hydrogens is 316 g/mol. The molecular formula is C17H19ClN2O3. The molecule has 23 heavy (non-hydrogen) atoms. The van der Waals surface area contributed by atoms with Crippen LogP contribution in [0.25, 0.3) is 0 Å². The minimum absolute atomic E-state index is 0.113. The number of nitrogens with two attached hydrogens (primary N) is 1. The second kappa shape index (κ2) is 9.48.